The topological polar surface area (TPSA) is 98.4 Å². The number of hydrogen-bond donors (Lipinski definition) is 2. The summed E-state index contributed by atoms with van der Waals surface area (Å²) in [5.74, 6) is -2.94. The van der Waals surface area contributed by atoms with Crippen molar-refractivity contribution in [3.8, 4) is 0 Å². The molecule has 2 aliphatic heterocycles. The van der Waals surface area contributed by atoms with Gasteiger partial charge in [-0.2, -0.15) is 4.31 Å². The molecule has 0 unspecified atom stereocenters. The van der Waals surface area contributed by atoms with Crippen LogP contribution in [0.5, 0.6) is 0 Å². The zero-order valence-corrected chi connectivity index (χ0v) is 17.0. The number of nitrogens with zero attached hydrogens (tertiary/aromatic N) is 3. The van der Waals surface area contributed by atoms with Gasteiger partial charge in [-0.1, -0.05) is 6.07 Å². The number of nitrogens with one attached hydrogen (secondary N) is 2. The number of carbonyl (C=O) groups is 1. The van der Waals surface area contributed by atoms with Crippen molar-refractivity contribution in [3.63, 3.8) is 0 Å². The van der Waals surface area contributed by atoms with Gasteiger partial charge in [0.25, 0.3) is 5.92 Å². The molecule has 0 radical (unpaired) electrons. The molecule has 1 aromatic carbocycles. The number of amides is 1. The fraction of sp³-hybridized carbons (Fsp3) is 0.556. The third kappa shape index (κ3) is 4.12. The van der Waals surface area contributed by atoms with Crippen molar-refractivity contribution in [2.45, 2.75) is 37.9 Å². The molecule has 1 atom stereocenters. The highest BCUT2D eigenvalue weighted by Gasteiger charge is 2.53. The van der Waals surface area contributed by atoms with Gasteiger partial charge in [-0.25, -0.2) is 22.2 Å². The van der Waals surface area contributed by atoms with E-state index in [1.807, 2.05) is 25.1 Å². The maximum absolute atomic E-state index is 14.0. The number of aromatic amines is 1. The number of H-pyrrole nitrogens is 1. The third-order valence-corrected chi connectivity index (χ3v) is 6.73. The summed E-state index contributed by atoms with van der Waals surface area (Å²) in [6.07, 6.45) is 0.508. The van der Waals surface area contributed by atoms with Gasteiger partial charge >= 0.3 is 0 Å². The maximum atomic E-state index is 14.0. The van der Waals surface area contributed by atoms with Crippen LogP contribution in [-0.4, -0.2) is 77.4 Å². The number of sulfonamides is 1. The Hall–Kier alpha value is -2.11. The van der Waals surface area contributed by atoms with E-state index in [0.29, 0.717) is 5.82 Å². The molecule has 0 saturated carbocycles. The Morgan fingerprint density at radius 2 is 2.10 bits per heavy atom. The number of hydrogen-bond acceptors (Lipinski definition) is 5. The van der Waals surface area contributed by atoms with Gasteiger partial charge in [0.1, 0.15) is 5.82 Å². The van der Waals surface area contributed by atoms with E-state index in [9.17, 15) is 22.0 Å². The minimum Gasteiger partial charge on any atom is -0.348 e. The third-order valence-electron chi connectivity index (χ3n) is 5.49. The van der Waals surface area contributed by atoms with Gasteiger partial charge in [0, 0.05) is 25.6 Å². The Bertz CT molecular complexity index is 1050. The lowest BCUT2D eigenvalue weighted by atomic mass is 10.1. The van der Waals surface area contributed by atoms with E-state index in [0.717, 1.165) is 22.9 Å². The van der Waals surface area contributed by atoms with Crippen LogP contribution in [0.1, 0.15) is 17.8 Å². The highest BCUT2D eigenvalue weighted by atomic mass is 32.2. The second kappa shape index (κ2) is 6.99. The van der Waals surface area contributed by atoms with E-state index < -0.39 is 40.9 Å². The van der Waals surface area contributed by atoms with Gasteiger partial charge in [0.15, 0.2) is 0 Å². The molecule has 4 rings (SSSR count). The van der Waals surface area contributed by atoms with Crippen molar-refractivity contribution in [1.29, 1.82) is 0 Å². The SMILES string of the molecule is Cc1ccc2nc(CNC(=O)[C@@H]3CC(F)(F)CN3C3CN(S(C)(=O)=O)C3)[nH]c2c1. The molecule has 2 saturated heterocycles. The number of halogens is 2. The van der Waals surface area contributed by atoms with Crippen molar-refractivity contribution in [2.24, 2.45) is 0 Å². The Morgan fingerprint density at radius 1 is 1.38 bits per heavy atom. The monoisotopic (exact) mass is 427 g/mol. The van der Waals surface area contributed by atoms with E-state index >= 15 is 0 Å². The quantitative estimate of drug-likeness (QED) is 0.737. The summed E-state index contributed by atoms with van der Waals surface area (Å²) in [5.41, 5.74) is 2.69. The van der Waals surface area contributed by atoms with Crippen LogP contribution in [0.25, 0.3) is 11.0 Å². The molecule has 8 nitrogen and oxygen atoms in total. The molecule has 1 amide bonds. The summed E-state index contributed by atoms with van der Waals surface area (Å²) in [4.78, 5) is 21.6. The highest BCUT2D eigenvalue weighted by molar-refractivity contribution is 7.88. The largest absolute Gasteiger partial charge is 0.348 e. The second-order valence-corrected chi connectivity index (χ2v) is 9.89. The minimum atomic E-state index is -3.35. The molecule has 2 fully saturated rings. The smallest absolute Gasteiger partial charge is 0.262 e. The molecule has 0 bridgehead atoms. The highest BCUT2D eigenvalue weighted by Crippen LogP contribution is 2.36. The summed E-state index contributed by atoms with van der Waals surface area (Å²) in [5, 5.41) is 2.69. The molecular weight excluding hydrogens is 404 g/mol. The van der Waals surface area contributed by atoms with E-state index in [1.54, 1.807) is 0 Å². The normalized spacial score (nSPS) is 23.4. The van der Waals surface area contributed by atoms with Crippen molar-refractivity contribution >= 4 is 27.0 Å². The molecule has 11 heteroatoms. The first-order chi connectivity index (χ1) is 13.5. The number of fused-ring (bicyclic) bond motifs is 1. The van der Waals surface area contributed by atoms with Crippen molar-refractivity contribution < 1.29 is 22.0 Å². The molecule has 2 N–H and O–H groups in total. The van der Waals surface area contributed by atoms with Gasteiger partial charge in [0.05, 0.1) is 36.4 Å². The van der Waals surface area contributed by atoms with E-state index in [2.05, 4.69) is 15.3 Å². The van der Waals surface area contributed by atoms with Crippen LogP contribution in [0.4, 0.5) is 8.78 Å². The number of aryl methyl sites for hydroxylation is 1. The zero-order valence-electron chi connectivity index (χ0n) is 16.2. The predicted octanol–water partition coefficient (Wildman–Crippen LogP) is 0.841. The molecule has 0 aliphatic carbocycles. The summed E-state index contributed by atoms with van der Waals surface area (Å²) < 4.78 is 52.4. The number of alkyl halides is 2. The number of aromatic nitrogens is 2. The van der Waals surface area contributed by atoms with Crippen LogP contribution in [0.15, 0.2) is 18.2 Å². The molecule has 3 heterocycles. The molecule has 2 aromatic rings. The molecular formula is C18H23F2N5O3S. The Labute approximate surface area is 167 Å². The lowest BCUT2D eigenvalue weighted by Crippen LogP contribution is -2.63. The summed E-state index contributed by atoms with van der Waals surface area (Å²) in [7, 11) is -3.35. The van der Waals surface area contributed by atoms with Crippen LogP contribution in [0.2, 0.25) is 0 Å². The van der Waals surface area contributed by atoms with Gasteiger partial charge in [-0.3, -0.25) is 9.69 Å². The van der Waals surface area contributed by atoms with Crippen molar-refractivity contribution in [1.82, 2.24) is 24.5 Å². The number of likely N-dealkylation sites (tertiary alicyclic amines) is 1. The number of carbonyl (C=O) groups excluding carboxylic acids is 1. The maximum Gasteiger partial charge on any atom is 0.262 e. The van der Waals surface area contributed by atoms with Gasteiger partial charge < -0.3 is 10.3 Å². The summed E-state index contributed by atoms with van der Waals surface area (Å²) >= 11 is 0. The zero-order chi connectivity index (χ0) is 21.0. The molecule has 2 aliphatic rings. The first-order valence-corrected chi connectivity index (χ1v) is 11.2. The van der Waals surface area contributed by atoms with Gasteiger partial charge in [-0.05, 0) is 24.6 Å². The Morgan fingerprint density at radius 3 is 2.79 bits per heavy atom. The first-order valence-electron chi connectivity index (χ1n) is 9.33. The standard InChI is InChI=1S/C18H23F2N5O3S/c1-11-3-4-13-14(5-11)23-16(22-13)7-21-17(26)15-6-18(19,20)10-25(15)12-8-24(9-12)29(2,27)28/h3-5,12,15H,6-10H2,1-2H3,(H,21,26)(H,22,23)/t15-/m0/s1. The minimum absolute atomic E-state index is 0.0998. The Balaban J connectivity index is 1.41. The van der Waals surface area contributed by atoms with Crippen LogP contribution in [0.3, 0.4) is 0 Å². The number of imidazole rings is 1. The average Bonchev–Trinajstić information content (AvgIpc) is 3.09. The fourth-order valence-corrected chi connectivity index (χ4v) is 4.80. The predicted molar refractivity (Wildman–Crippen MR) is 103 cm³/mol. The van der Waals surface area contributed by atoms with E-state index in [-0.39, 0.29) is 25.7 Å². The molecule has 29 heavy (non-hydrogen) atoms. The van der Waals surface area contributed by atoms with E-state index in [4.69, 9.17) is 0 Å². The van der Waals surface area contributed by atoms with Gasteiger partial charge in [0.2, 0.25) is 15.9 Å². The summed E-state index contributed by atoms with van der Waals surface area (Å²) in [6, 6.07) is 4.36. The second-order valence-electron chi connectivity index (χ2n) is 7.90. The van der Waals surface area contributed by atoms with Crippen molar-refractivity contribution in [2.75, 3.05) is 25.9 Å². The lowest BCUT2D eigenvalue weighted by molar-refractivity contribution is -0.127. The molecule has 1 aromatic heterocycles. The lowest BCUT2D eigenvalue weighted by Gasteiger charge is -2.44. The number of benzene rings is 1. The summed E-state index contributed by atoms with van der Waals surface area (Å²) in [6.45, 7) is 1.77. The fourth-order valence-electron chi connectivity index (χ4n) is 3.91. The van der Waals surface area contributed by atoms with Gasteiger partial charge in [-0.15, -0.1) is 0 Å². The number of rotatable bonds is 5. The molecule has 0 spiro atoms. The van der Waals surface area contributed by atoms with Crippen LogP contribution >= 0.6 is 0 Å². The van der Waals surface area contributed by atoms with Crippen LogP contribution in [-0.2, 0) is 21.4 Å². The Kier molecular flexibility index (Phi) is 4.87. The average molecular weight is 427 g/mol. The van der Waals surface area contributed by atoms with E-state index in [1.165, 1.54) is 9.21 Å². The molecule has 158 valence electrons. The van der Waals surface area contributed by atoms with Crippen molar-refractivity contribution in [3.05, 3.63) is 29.6 Å². The first kappa shape index (κ1) is 20.2. The van der Waals surface area contributed by atoms with Crippen LogP contribution < -0.4 is 5.32 Å². The van der Waals surface area contributed by atoms with Crippen LogP contribution in [0, 0.1) is 6.92 Å².